The zero-order valence-corrected chi connectivity index (χ0v) is 17.3. The highest BCUT2D eigenvalue weighted by Crippen LogP contribution is 2.51. The first kappa shape index (κ1) is 21.3. The van der Waals surface area contributed by atoms with Crippen LogP contribution in [0.4, 0.5) is 13.6 Å². The Morgan fingerprint density at radius 1 is 1.08 bits per heavy atom. The second-order valence-corrected chi connectivity index (χ2v) is 11.2. The minimum absolute atomic E-state index is 0.234. The number of halogens is 2. The Morgan fingerprint density at radius 3 is 2.08 bits per heavy atom. The van der Waals surface area contributed by atoms with Crippen LogP contribution in [0, 0.1) is 5.41 Å². The van der Waals surface area contributed by atoms with Crippen LogP contribution in [0.1, 0.15) is 67.2 Å². The van der Waals surface area contributed by atoms with Crippen molar-refractivity contribution in [2.24, 2.45) is 9.81 Å². The van der Waals surface area contributed by atoms with Gasteiger partial charge in [0.1, 0.15) is 22.3 Å². The summed E-state index contributed by atoms with van der Waals surface area (Å²) in [6.07, 6.45) is 0.389. The Morgan fingerprint density at radius 2 is 1.62 bits per heavy atom. The van der Waals surface area contributed by atoms with Crippen molar-refractivity contribution in [3.8, 4) is 0 Å². The Kier molecular flexibility index (Phi) is 5.59. The SMILES string of the molecule is CC(C)(C)OC(=O)N1CCC2(CC1)CCC(F)(F)/C2=N\[S@](=O)C(C)(C)C. The molecular formula is C18H30F2N2O3S. The number of carbonyl (C=O) groups excluding carboxylic acids is 1. The molecule has 2 aliphatic rings. The van der Waals surface area contributed by atoms with Crippen molar-refractivity contribution in [3.05, 3.63) is 0 Å². The number of carbonyl (C=O) groups is 1. The first-order chi connectivity index (χ1) is 11.7. The van der Waals surface area contributed by atoms with E-state index >= 15 is 0 Å². The summed E-state index contributed by atoms with van der Waals surface area (Å²) in [5.41, 5.74) is -1.60. The molecule has 0 aromatic heterocycles. The molecule has 150 valence electrons. The predicted molar refractivity (Wildman–Crippen MR) is 99.0 cm³/mol. The molecule has 1 amide bonds. The van der Waals surface area contributed by atoms with Crippen LogP contribution in [0.25, 0.3) is 0 Å². The standard InChI is InChI=1S/C18H30F2N2O3S/c1-15(2,3)25-14(23)22-11-9-17(10-12-22)7-8-18(19,20)13(17)21-26(24)16(4,5)6/h7-12H2,1-6H3/b21-13-/t26-/m1/s1. The van der Waals surface area contributed by atoms with Gasteiger partial charge in [-0.2, -0.15) is 13.2 Å². The molecule has 1 spiro atoms. The van der Waals surface area contributed by atoms with Crippen molar-refractivity contribution in [2.45, 2.75) is 83.5 Å². The van der Waals surface area contributed by atoms with Gasteiger partial charge in [-0.3, -0.25) is 0 Å². The van der Waals surface area contributed by atoms with Gasteiger partial charge in [-0.05, 0) is 60.8 Å². The van der Waals surface area contributed by atoms with E-state index in [4.69, 9.17) is 4.74 Å². The number of alkyl halides is 2. The van der Waals surface area contributed by atoms with Crippen LogP contribution in [-0.2, 0) is 15.7 Å². The second kappa shape index (κ2) is 6.84. The lowest BCUT2D eigenvalue weighted by atomic mass is 9.75. The molecule has 5 nitrogen and oxygen atoms in total. The number of hydrogen-bond acceptors (Lipinski definition) is 3. The summed E-state index contributed by atoms with van der Waals surface area (Å²) >= 11 is 0. The fourth-order valence-corrected chi connectivity index (χ4v) is 4.10. The Bertz CT molecular complexity index is 613. The highest BCUT2D eigenvalue weighted by atomic mass is 32.2. The third kappa shape index (κ3) is 4.61. The normalized spacial score (nSPS) is 25.5. The molecule has 1 aliphatic heterocycles. The van der Waals surface area contributed by atoms with Gasteiger partial charge in [0.05, 0.1) is 4.75 Å². The first-order valence-electron chi connectivity index (χ1n) is 9.04. The monoisotopic (exact) mass is 392 g/mol. The summed E-state index contributed by atoms with van der Waals surface area (Å²) in [6, 6.07) is 0. The van der Waals surface area contributed by atoms with Crippen molar-refractivity contribution in [1.29, 1.82) is 0 Å². The van der Waals surface area contributed by atoms with E-state index in [1.54, 1.807) is 46.4 Å². The molecule has 1 atom stereocenters. The first-order valence-corrected chi connectivity index (χ1v) is 10.1. The second-order valence-electron chi connectivity index (χ2n) is 9.25. The molecular weight excluding hydrogens is 362 g/mol. The van der Waals surface area contributed by atoms with Crippen LogP contribution in [-0.4, -0.2) is 50.3 Å². The molecule has 1 heterocycles. The summed E-state index contributed by atoms with van der Waals surface area (Å²) in [7, 11) is -1.73. The molecule has 1 saturated carbocycles. The molecule has 2 fully saturated rings. The van der Waals surface area contributed by atoms with Crippen molar-refractivity contribution >= 4 is 22.8 Å². The largest absolute Gasteiger partial charge is 0.444 e. The van der Waals surface area contributed by atoms with Crippen molar-refractivity contribution in [1.82, 2.24) is 4.90 Å². The number of ether oxygens (including phenoxy) is 1. The van der Waals surface area contributed by atoms with Crippen LogP contribution in [0.3, 0.4) is 0 Å². The average Bonchev–Trinajstić information content (AvgIpc) is 2.70. The number of piperidine rings is 1. The van der Waals surface area contributed by atoms with Gasteiger partial charge in [0, 0.05) is 24.9 Å². The molecule has 2 rings (SSSR count). The number of likely N-dealkylation sites (tertiary alicyclic amines) is 1. The predicted octanol–water partition coefficient (Wildman–Crippen LogP) is 4.34. The van der Waals surface area contributed by atoms with Gasteiger partial charge in [-0.1, -0.05) is 0 Å². The molecule has 0 aromatic rings. The van der Waals surface area contributed by atoms with Crippen LogP contribution in [0.2, 0.25) is 0 Å². The van der Waals surface area contributed by atoms with Gasteiger partial charge in [0.15, 0.2) is 0 Å². The maximum absolute atomic E-state index is 14.5. The molecule has 1 saturated heterocycles. The quantitative estimate of drug-likeness (QED) is 0.667. The van der Waals surface area contributed by atoms with E-state index in [0.717, 1.165) is 0 Å². The van der Waals surface area contributed by atoms with E-state index in [1.807, 2.05) is 0 Å². The summed E-state index contributed by atoms with van der Waals surface area (Å²) in [5, 5.41) is 0. The highest BCUT2D eigenvalue weighted by molar-refractivity contribution is 7.85. The van der Waals surface area contributed by atoms with E-state index in [-0.39, 0.29) is 12.1 Å². The van der Waals surface area contributed by atoms with E-state index in [2.05, 4.69) is 4.40 Å². The molecule has 0 bridgehead atoms. The van der Waals surface area contributed by atoms with Gasteiger partial charge in [0.2, 0.25) is 0 Å². The molecule has 0 N–H and O–H groups in total. The number of nitrogens with zero attached hydrogens (tertiary/aromatic N) is 2. The smallest absolute Gasteiger partial charge is 0.410 e. The number of amides is 1. The number of rotatable bonds is 1. The third-order valence-corrected chi connectivity index (χ3v) is 6.23. The van der Waals surface area contributed by atoms with E-state index < -0.39 is 38.8 Å². The lowest BCUT2D eigenvalue weighted by molar-refractivity contribution is 0.0156. The lowest BCUT2D eigenvalue weighted by Gasteiger charge is -2.40. The van der Waals surface area contributed by atoms with Gasteiger partial charge < -0.3 is 9.64 Å². The van der Waals surface area contributed by atoms with Crippen LogP contribution < -0.4 is 0 Å². The average molecular weight is 393 g/mol. The molecule has 0 radical (unpaired) electrons. The summed E-state index contributed by atoms with van der Waals surface area (Å²) in [6.45, 7) is 11.2. The fourth-order valence-electron chi connectivity index (χ4n) is 3.34. The molecule has 26 heavy (non-hydrogen) atoms. The van der Waals surface area contributed by atoms with Crippen molar-refractivity contribution in [2.75, 3.05) is 13.1 Å². The summed E-state index contributed by atoms with van der Waals surface area (Å²) < 4.78 is 50.0. The van der Waals surface area contributed by atoms with E-state index in [9.17, 15) is 17.8 Å². The van der Waals surface area contributed by atoms with Gasteiger partial charge in [0.25, 0.3) is 5.92 Å². The van der Waals surface area contributed by atoms with E-state index in [0.29, 0.717) is 32.4 Å². The zero-order valence-electron chi connectivity index (χ0n) is 16.5. The molecule has 0 aromatic carbocycles. The lowest BCUT2D eigenvalue weighted by Crippen LogP contribution is -2.48. The fraction of sp³-hybridized carbons (Fsp3) is 0.889. The summed E-state index contributed by atoms with van der Waals surface area (Å²) in [4.78, 5) is 13.8. The Balaban J connectivity index is 2.18. The third-order valence-electron chi connectivity index (χ3n) is 4.84. The van der Waals surface area contributed by atoms with Gasteiger partial charge in [-0.25, -0.2) is 9.00 Å². The van der Waals surface area contributed by atoms with Crippen LogP contribution >= 0.6 is 0 Å². The molecule has 8 heteroatoms. The maximum Gasteiger partial charge on any atom is 0.410 e. The van der Waals surface area contributed by atoms with Gasteiger partial charge in [-0.15, -0.1) is 0 Å². The maximum atomic E-state index is 14.5. The van der Waals surface area contributed by atoms with E-state index in [1.165, 1.54) is 0 Å². The molecule has 0 unspecified atom stereocenters. The zero-order chi connectivity index (χ0) is 20.0. The minimum Gasteiger partial charge on any atom is -0.444 e. The van der Waals surface area contributed by atoms with Gasteiger partial charge >= 0.3 is 6.09 Å². The van der Waals surface area contributed by atoms with Crippen molar-refractivity contribution in [3.63, 3.8) is 0 Å². The highest BCUT2D eigenvalue weighted by Gasteiger charge is 2.57. The van der Waals surface area contributed by atoms with Crippen LogP contribution in [0.5, 0.6) is 0 Å². The van der Waals surface area contributed by atoms with Crippen LogP contribution in [0.15, 0.2) is 4.40 Å². The number of hydrogen-bond donors (Lipinski definition) is 0. The minimum atomic E-state index is -3.03. The van der Waals surface area contributed by atoms with Crippen molar-refractivity contribution < 1.29 is 22.5 Å². The Hall–Kier alpha value is -1.05. The topological polar surface area (TPSA) is 59.0 Å². The Labute approximate surface area is 157 Å². The molecule has 1 aliphatic carbocycles. The summed E-state index contributed by atoms with van der Waals surface area (Å²) in [5.74, 6) is -3.03.